The first-order valence-electron chi connectivity index (χ1n) is 8.25. The van der Waals surface area contributed by atoms with E-state index in [0.717, 1.165) is 24.9 Å². The monoisotopic (exact) mass is 302 g/mol. The van der Waals surface area contributed by atoms with Crippen molar-refractivity contribution in [3.63, 3.8) is 0 Å². The van der Waals surface area contributed by atoms with Gasteiger partial charge >= 0.3 is 0 Å². The van der Waals surface area contributed by atoms with Gasteiger partial charge in [0.15, 0.2) is 6.29 Å². The zero-order chi connectivity index (χ0) is 15.7. The van der Waals surface area contributed by atoms with Gasteiger partial charge in [0.2, 0.25) is 0 Å². The average Bonchev–Trinajstić information content (AvgIpc) is 3.05. The Balaban J connectivity index is 2.19. The Morgan fingerprint density at radius 3 is 2.82 bits per heavy atom. The summed E-state index contributed by atoms with van der Waals surface area (Å²) in [6, 6.07) is 0.657. The van der Waals surface area contributed by atoms with Gasteiger partial charge in [0, 0.05) is 28.8 Å². The van der Waals surface area contributed by atoms with Crippen molar-refractivity contribution in [2.24, 2.45) is 0 Å². The van der Waals surface area contributed by atoms with Gasteiger partial charge in [-0.3, -0.25) is 4.90 Å². The fourth-order valence-corrected chi connectivity index (χ4v) is 4.00. The number of fused-ring (bicyclic) bond motifs is 2. The quantitative estimate of drug-likeness (QED) is 0.798. The zero-order valence-corrected chi connectivity index (χ0v) is 13.5. The van der Waals surface area contributed by atoms with Gasteiger partial charge in [0.25, 0.3) is 0 Å². The molecule has 0 aliphatic carbocycles. The SMILES string of the molecule is C\C=C/C=c1/c2c(n(CC(O)O)/c1=C/C)CN1CCCC1C2. The van der Waals surface area contributed by atoms with Crippen molar-refractivity contribution in [2.45, 2.75) is 58.5 Å². The van der Waals surface area contributed by atoms with Crippen molar-refractivity contribution in [3.05, 3.63) is 34.0 Å². The maximum Gasteiger partial charge on any atom is 0.169 e. The Hall–Kier alpha value is -1.36. The lowest BCUT2D eigenvalue weighted by Crippen LogP contribution is -2.37. The molecule has 0 saturated carbocycles. The summed E-state index contributed by atoms with van der Waals surface area (Å²) in [4.78, 5) is 2.54. The van der Waals surface area contributed by atoms with Crippen LogP contribution in [0.4, 0.5) is 0 Å². The molecule has 1 fully saturated rings. The summed E-state index contributed by atoms with van der Waals surface area (Å²) in [6.07, 6.45) is 10.7. The molecule has 1 aromatic rings. The Morgan fingerprint density at radius 2 is 2.14 bits per heavy atom. The molecule has 2 N–H and O–H groups in total. The molecule has 22 heavy (non-hydrogen) atoms. The molecule has 3 rings (SSSR count). The first-order valence-corrected chi connectivity index (χ1v) is 8.25. The van der Waals surface area contributed by atoms with Crippen LogP contribution < -0.4 is 10.6 Å². The first-order chi connectivity index (χ1) is 10.7. The van der Waals surface area contributed by atoms with E-state index >= 15 is 0 Å². The van der Waals surface area contributed by atoms with Crippen LogP contribution in [0.3, 0.4) is 0 Å². The molecular weight excluding hydrogens is 276 g/mol. The van der Waals surface area contributed by atoms with E-state index in [1.54, 1.807) is 0 Å². The lowest BCUT2D eigenvalue weighted by Gasteiger charge is -2.31. The summed E-state index contributed by atoms with van der Waals surface area (Å²) in [5.74, 6) is 0. The maximum atomic E-state index is 9.48. The van der Waals surface area contributed by atoms with E-state index in [0.29, 0.717) is 6.04 Å². The third-order valence-corrected chi connectivity index (χ3v) is 4.93. The highest BCUT2D eigenvalue weighted by molar-refractivity contribution is 5.45. The van der Waals surface area contributed by atoms with E-state index in [9.17, 15) is 10.2 Å². The average molecular weight is 302 g/mol. The summed E-state index contributed by atoms with van der Waals surface area (Å²) in [5.41, 5.74) is 2.66. The first kappa shape index (κ1) is 15.5. The molecule has 4 heteroatoms. The van der Waals surface area contributed by atoms with Crippen LogP contribution in [-0.4, -0.2) is 38.6 Å². The third kappa shape index (κ3) is 2.67. The molecule has 0 spiro atoms. The smallest absolute Gasteiger partial charge is 0.169 e. The number of allylic oxidation sites excluding steroid dienone is 2. The predicted molar refractivity (Wildman–Crippen MR) is 88.5 cm³/mol. The summed E-state index contributed by atoms with van der Waals surface area (Å²) >= 11 is 0. The highest BCUT2D eigenvalue weighted by atomic mass is 16.5. The zero-order valence-electron chi connectivity index (χ0n) is 13.5. The van der Waals surface area contributed by atoms with Crippen LogP contribution in [0, 0.1) is 0 Å². The molecule has 0 radical (unpaired) electrons. The molecule has 0 aromatic carbocycles. The second-order valence-electron chi connectivity index (χ2n) is 6.27. The highest BCUT2D eigenvalue weighted by Crippen LogP contribution is 2.28. The number of aliphatic hydroxyl groups is 2. The standard InChI is InChI=1S/C18H26N2O2/c1-3-5-8-14-15-10-13-7-6-9-19(13)11-17(15)20(12-18(21)22)16(14)4-2/h3-5,8,13,18,21-22H,6-7,9-12H2,1-2H3/b5-3-,14-8-,16-4+. The topological polar surface area (TPSA) is 48.6 Å². The van der Waals surface area contributed by atoms with Gasteiger partial charge in [-0.25, -0.2) is 0 Å². The van der Waals surface area contributed by atoms with E-state index in [4.69, 9.17) is 0 Å². The van der Waals surface area contributed by atoms with Gasteiger partial charge in [-0.05, 0) is 45.2 Å². The minimum absolute atomic E-state index is 0.240. The Morgan fingerprint density at radius 1 is 1.32 bits per heavy atom. The van der Waals surface area contributed by atoms with Crippen LogP contribution in [0.2, 0.25) is 0 Å². The number of aliphatic hydroxyl groups excluding tert-OH is 1. The Kier molecular flexibility index (Phi) is 4.52. The van der Waals surface area contributed by atoms with Crippen LogP contribution in [0.15, 0.2) is 12.2 Å². The minimum atomic E-state index is -1.32. The largest absolute Gasteiger partial charge is 0.367 e. The van der Waals surface area contributed by atoms with Crippen LogP contribution >= 0.6 is 0 Å². The van der Waals surface area contributed by atoms with Crippen molar-refractivity contribution < 1.29 is 10.2 Å². The minimum Gasteiger partial charge on any atom is -0.367 e. The van der Waals surface area contributed by atoms with Gasteiger partial charge in [0.1, 0.15) is 0 Å². The maximum absolute atomic E-state index is 9.48. The van der Waals surface area contributed by atoms with E-state index in [2.05, 4.69) is 27.7 Å². The number of nitrogens with zero attached hydrogens (tertiary/aromatic N) is 2. The van der Waals surface area contributed by atoms with E-state index < -0.39 is 6.29 Å². The van der Waals surface area contributed by atoms with Gasteiger partial charge in [-0.1, -0.05) is 24.3 Å². The molecule has 120 valence electrons. The number of aromatic nitrogens is 1. The van der Waals surface area contributed by atoms with Crippen molar-refractivity contribution >= 4 is 12.2 Å². The lowest BCUT2D eigenvalue weighted by molar-refractivity contribution is -0.0525. The molecule has 3 heterocycles. The highest BCUT2D eigenvalue weighted by Gasteiger charge is 2.32. The lowest BCUT2D eigenvalue weighted by atomic mass is 9.98. The normalized spacial score (nSPS) is 23.8. The molecule has 0 bridgehead atoms. The van der Waals surface area contributed by atoms with Gasteiger partial charge in [0.05, 0.1) is 6.54 Å². The van der Waals surface area contributed by atoms with Crippen LogP contribution in [0.25, 0.3) is 12.2 Å². The fraction of sp³-hybridized carbons (Fsp3) is 0.556. The van der Waals surface area contributed by atoms with Crippen molar-refractivity contribution in [3.8, 4) is 0 Å². The summed E-state index contributed by atoms with van der Waals surface area (Å²) in [5, 5.41) is 21.3. The molecule has 1 atom stereocenters. The van der Waals surface area contributed by atoms with Crippen molar-refractivity contribution in [1.82, 2.24) is 9.47 Å². The van der Waals surface area contributed by atoms with Crippen molar-refractivity contribution in [2.75, 3.05) is 6.54 Å². The second kappa shape index (κ2) is 6.41. The molecule has 4 nitrogen and oxygen atoms in total. The Labute approximate surface area is 131 Å². The van der Waals surface area contributed by atoms with E-state index in [1.807, 2.05) is 19.9 Å². The van der Waals surface area contributed by atoms with Gasteiger partial charge < -0.3 is 14.8 Å². The van der Waals surface area contributed by atoms with Crippen LogP contribution in [0.5, 0.6) is 0 Å². The molecule has 1 saturated heterocycles. The van der Waals surface area contributed by atoms with Gasteiger partial charge in [-0.2, -0.15) is 0 Å². The van der Waals surface area contributed by atoms with Gasteiger partial charge in [-0.15, -0.1) is 0 Å². The molecule has 2 aliphatic heterocycles. The molecule has 1 aromatic heterocycles. The van der Waals surface area contributed by atoms with E-state index in [1.165, 1.54) is 29.3 Å². The predicted octanol–water partition coefficient (Wildman–Crippen LogP) is 0.476. The third-order valence-electron chi connectivity index (χ3n) is 4.93. The summed E-state index contributed by atoms with van der Waals surface area (Å²) < 4.78 is 2.10. The molecule has 2 aliphatic rings. The second-order valence-corrected chi connectivity index (χ2v) is 6.27. The number of rotatable bonds is 3. The Bertz CT molecular complexity index is 685. The molecule has 1 unspecified atom stereocenters. The molecular formula is C18H26N2O2. The number of hydrogen-bond donors (Lipinski definition) is 2. The molecule has 0 amide bonds. The van der Waals surface area contributed by atoms with Crippen LogP contribution in [-0.2, 0) is 19.5 Å². The van der Waals surface area contributed by atoms with Crippen molar-refractivity contribution in [1.29, 1.82) is 0 Å². The number of hydrogen-bond acceptors (Lipinski definition) is 3. The summed E-state index contributed by atoms with van der Waals surface area (Å²) in [7, 11) is 0. The fourth-order valence-electron chi connectivity index (χ4n) is 4.00. The van der Waals surface area contributed by atoms with Crippen LogP contribution in [0.1, 0.15) is 37.9 Å². The van der Waals surface area contributed by atoms with E-state index in [-0.39, 0.29) is 6.54 Å². The summed E-state index contributed by atoms with van der Waals surface area (Å²) in [6.45, 7) is 6.37.